The molecule has 1 fully saturated rings. The first kappa shape index (κ1) is 11.1. The van der Waals surface area contributed by atoms with E-state index in [-0.39, 0.29) is 4.90 Å². The summed E-state index contributed by atoms with van der Waals surface area (Å²) in [6.45, 7) is 1.64. The summed E-state index contributed by atoms with van der Waals surface area (Å²) in [4.78, 5) is 11.1. The number of hydrogen-bond donors (Lipinski definition) is 1. The van der Waals surface area contributed by atoms with Crippen LogP contribution in [0.25, 0.3) is 0 Å². The van der Waals surface area contributed by atoms with E-state index in [1.807, 2.05) is 0 Å². The van der Waals surface area contributed by atoms with Crippen LogP contribution < -0.4 is 4.72 Å². The van der Waals surface area contributed by atoms with Crippen LogP contribution in [0.1, 0.15) is 6.92 Å². The van der Waals surface area contributed by atoms with Gasteiger partial charge in [-0.05, 0) is 19.1 Å². The largest absolute Gasteiger partial charge is 0.459 e. The van der Waals surface area contributed by atoms with Crippen LogP contribution in [0.4, 0.5) is 0 Å². The highest BCUT2D eigenvalue weighted by Crippen LogP contribution is 2.17. The van der Waals surface area contributed by atoms with Crippen LogP contribution >= 0.6 is 0 Å². The van der Waals surface area contributed by atoms with Crippen LogP contribution in [0.15, 0.2) is 35.2 Å². The summed E-state index contributed by atoms with van der Waals surface area (Å²) in [5, 5.41) is 0. The summed E-state index contributed by atoms with van der Waals surface area (Å²) in [6, 6.07) is 7.13. The molecule has 5 nitrogen and oxygen atoms in total. The predicted molar refractivity (Wildman–Crippen MR) is 56.1 cm³/mol. The van der Waals surface area contributed by atoms with Gasteiger partial charge < -0.3 is 4.74 Å². The molecule has 16 heavy (non-hydrogen) atoms. The number of sulfonamides is 1. The van der Waals surface area contributed by atoms with Crippen molar-refractivity contribution in [3.05, 3.63) is 30.3 Å². The van der Waals surface area contributed by atoms with Crippen molar-refractivity contribution in [2.45, 2.75) is 24.0 Å². The van der Waals surface area contributed by atoms with Gasteiger partial charge in [-0.2, -0.15) is 4.72 Å². The molecule has 1 aliphatic rings. The third-order valence-electron chi connectivity index (χ3n) is 2.36. The molecule has 0 radical (unpaired) electrons. The summed E-state index contributed by atoms with van der Waals surface area (Å²) in [7, 11) is -3.64. The summed E-state index contributed by atoms with van der Waals surface area (Å²) in [5.74, 6) is -0.535. The second-order valence-corrected chi connectivity index (χ2v) is 5.27. The van der Waals surface area contributed by atoms with Crippen molar-refractivity contribution in [1.82, 2.24) is 4.72 Å². The molecule has 1 aromatic carbocycles. The molecule has 0 spiro atoms. The van der Waals surface area contributed by atoms with Gasteiger partial charge in [0, 0.05) is 0 Å². The number of esters is 1. The number of carbonyl (C=O) groups excluding carboxylic acids is 1. The average molecular weight is 241 g/mol. The van der Waals surface area contributed by atoms with Gasteiger partial charge in [0.1, 0.15) is 6.10 Å². The number of ether oxygens (including phenoxy) is 1. The third-order valence-corrected chi connectivity index (χ3v) is 3.82. The van der Waals surface area contributed by atoms with Crippen molar-refractivity contribution < 1.29 is 17.9 Å². The van der Waals surface area contributed by atoms with Gasteiger partial charge in [0.2, 0.25) is 10.0 Å². The monoisotopic (exact) mass is 241 g/mol. The Kier molecular flexibility index (Phi) is 2.69. The second-order valence-electron chi connectivity index (χ2n) is 3.55. The summed E-state index contributed by atoms with van der Waals surface area (Å²) in [6.07, 6.45) is -0.411. The minimum Gasteiger partial charge on any atom is -0.459 e. The van der Waals surface area contributed by atoms with Crippen molar-refractivity contribution in [2.75, 3.05) is 0 Å². The van der Waals surface area contributed by atoms with Crippen LogP contribution in [-0.4, -0.2) is 26.5 Å². The zero-order valence-corrected chi connectivity index (χ0v) is 9.40. The van der Waals surface area contributed by atoms with Gasteiger partial charge in [0.05, 0.1) is 4.90 Å². The quantitative estimate of drug-likeness (QED) is 0.771. The first-order chi connectivity index (χ1) is 7.50. The molecule has 1 N–H and O–H groups in total. The third kappa shape index (κ3) is 1.94. The van der Waals surface area contributed by atoms with Gasteiger partial charge in [-0.3, -0.25) is 4.79 Å². The number of rotatable bonds is 3. The van der Waals surface area contributed by atoms with Crippen molar-refractivity contribution in [1.29, 1.82) is 0 Å². The first-order valence-corrected chi connectivity index (χ1v) is 6.27. The topological polar surface area (TPSA) is 72.5 Å². The zero-order valence-electron chi connectivity index (χ0n) is 8.58. The number of benzene rings is 1. The molecular formula is C10H11NO4S. The van der Waals surface area contributed by atoms with E-state index in [0.29, 0.717) is 0 Å². The van der Waals surface area contributed by atoms with Gasteiger partial charge >= 0.3 is 5.97 Å². The predicted octanol–water partition coefficient (Wildman–Crippen LogP) is 0.279. The normalized spacial score (nSPS) is 24.7. The Morgan fingerprint density at radius 1 is 1.25 bits per heavy atom. The van der Waals surface area contributed by atoms with Crippen LogP contribution in [0, 0.1) is 0 Å². The highest BCUT2D eigenvalue weighted by molar-refractivity contribution is 7.89. The van der Waals surface area contributed by atoms with Crippen molar-refractivity contribution in [3.8, 4) is 0 Å². The van der Waals surface area contributed by atoms with Gasteiger partial charge in [0.25, 0.3) is 0 Å². The van der Waals surface area contributed by atoms with Gasteiger partial charge in [-0.1, -0.05) is 18.2 Å². The standard InChI is InChI=1S/C10H11NO4S/c1-7-9(10(12)15-7)11-16(13,14)8-5-3-2-4-6-8/h2-7,9,11H,1H3/t7-,9-/m1/s1. The van der Waals surface area contributed by atoms with E-state index >= 15 is 0 Å². The van der Waals surface area contributed by atoms with Crippen LogP contribution in [-0.2, 0) is 19.6 Å². The van der Waals surface area contributed by atoms with E-state index in [1.165, 1.54) is 12.1 Å². The maximum Gasteiger partial charge on any atom is 0.328 e. The van der Waals surface area contributed by atoms with E-state index in [2.05, 4.69) is 9.46 Å². The number of nitrogens with one attached hydrogen (secondary N) is 1. The molecule has 0 amide bonds. The van der Waals surface area contributed by atoms with Crippen LogP contribution in [0.2, 0.25) is 0 Å². The number of hydrogen-bond acceptors (Lipinski definition) is 4. The lowest BCUT2D eigenvalue weighted by Crippen LogP contribution is -2.58. The van der Waals surface area contributed by atoms with E-state index in [4.69, 9.17) is 0 Å². The fraction of sp³-hybridized carbons (Fsp3) is 0.300. The molecule has 2 rings (SSSR count). The Morgan fingerprint density at radius 2 is 1.88 bits per heavy atom. The minimum atomic E-state index is -3.64. The Hall–Kier alpha value is -1.40. The zero-order chi connectivity index (χ0) is 11.8. The lowest BCUT2D eigenvalue weighted by molar-refractivity contribution is -0.173. The Balaban J connectivity index is 2.18. The summed E-state index contributed by atoms with van der Waals surface area (Å²) < 4.78 is 30.6. The Labute approximate surface area is 93.5 Å². The second kappa shape index (κ2) is 3.88. The molecule has 0 aromatic heterocycles. The minimum absolute atomic E-state index is 0.141. The lowest BCUT2D eigenvalue weighted by atomic mass is 10.1. The van der Waals surface area contributed by atoms with E-state index in [9.17, 15) is 13.2 Å². The molecule has 0 bridgehead atoms. The number of carbonyl (C=O) groups is 1. The fourth-order valence-electron chi connectivity index (χ4n) is 1.42. The average Bonchev–Trinajstić information content (AvgIpc) is 2.28. The van der Waals surface area contributed by atoms with E-state index in [0.717, 1.165) is 0 Å². The van der Waals surface area contributed by atoms with Crippen LogP contribution in [0.5, 0.6) is 0 Å². The van der Waals surface area contributed by atoms with Crippen molar-refractivity contribution in [3.63, 3.8) is 0 Å². The number of cyclic esters (lactones) is 1. The smallest absolute Gasteiger partial charge is 0.328 e. The summed E-state index contributed by atoms with van der Waals surface area (Å²) >= 11 is 0. The van der Waals surface area contributed by atoms with E-state index < -0.39 is 28.1 Å². The molecule has 6 heteroatoms. The first-order valence-electron chi connectivity index (χ1n) is 4.78. The molecular weight excluding hydrogens is 230 g/mol. The molecule has 0 unspecified atom stereocenters. The van der Waals surface area contributed by atoms with Gasteiger partial charge in [-0.25, -0.2) is 8.42 Å². The molecule has 2 atom stereocenters. The molecule has 0 saturated carbocycles. The molecule has 0 aliphatic carbocycles. The fourth-order valence-corrected chi connectivity index (χ4v) is 2.70. The van der Waals surface area contributed by atoms with Gasteiger partial charge in [0.15, 0.2) is 6.04 Å². The lowest BCUT2D eigenvalue weighted by Gasteiger charge is -2.32. The Bertz CT molecular complexity index is 497. The molecule has 1 aromatic rings. The van der Waals surface area contributed by atoms with Gasteiger partial charge in [-0.15, -0.1) is 0 Å². The van der Waals surface area contributed by atoms with E-state index in [1.54, 1.807) is 25.1 Å². The van der Waals surface area contributed by atoms with Crippen LogP contribution in [0.3, 0.4) is 0 Å². The Morgan fingerprint density at radius 3 is 2.38 bits per heavy atom. The maximum absolute atomic E-state index is 11.8. The molecule has 86 valence electrons. The summed E-state index contributed by atoms with van der Waals surface area (Å²) in [5.41, 5.74) is 0. The van der Waals surface area contributed by atoms with Crippen molar-refractivity contribution >= 4 is 16.0 Å². The molecule has 1 saturated heterocycles. The highest BCUT2D eigenvalue weighted by Gasteiger charge is 2.42. The highest BCUT2D eigenvalue weighted by atomic mass is 32.2. The maximum atomic E-state index is 11.8. The SMILES string of the molecule is C[C@H]1OC(=O)[C@@H]1NS(=O)(=O)c1ccccc1. The molecule has 1 heterocycles. The molecule has 1 aliphatic heterocycles. The van der Waals surface area contributed by atoms with Crippen molar-refractivity contribution in [2.24, 2.45) is 0 Å².